The monoisotopic (exact) mass is 426 g/mol. The molecule has 1 N–H and O–H groups in total. The average Bonchev–Trinajstić information content (AvgIpc) is 2.55. The summed E-state index contributed by atoms with van der Waals surface area (Å²) >= 11 is 15.1. The Kier molecular flexibility index (Phi) is 7.31. The largest absolute Gasteiger partial charge is 0.482 e. The van der Waals surface area contributed by atoms with Crippen LogP contribution < -0.4 is 10.2 Å². The van der Waals surface area contributed by atoms with E-state index in [9.17, 15) is 4.79 Å². The molecule has 0 unspecified atom stereocenters. The summed E-state index contributed by atoms with van der Waals surface area (Å²) in [4.78, 5) is 11.6. The van der Waals surface area contributed by atoms with Crippen LogP contribution in [0.5, 0.6) is 5.75 Å². The Morgan fingerprint density at radius 3 is 2.67 bits per heavy atom. The number of rotatable bonds is 6. The number of nitrogens with zero attached hydrogens (tertiary/aromatic N) is 1. The summed E-state index contributed by atoms with van der Waals surface area (Å²) < 4.78 is 6.31. The molecule has 0 saturated carbocycles. The smallest absolute Gasteiger partial charge is 0.277 e. The highest BCUT2D eigenvalue weighted by Gasteiger charge is 2.05. The van der Waals surface area contributed by atoms with Crippen molar-refractivity contribution in [1.29, 1.82) is 0 Å². The molecule has 0 aliphatic heterocycles. The third kappa shape index (κ3) is 6.35. The fraction of sp³-hybridized carbons (Fsp3) is 0.0588. The predicted octanol–water partition coefficient (Wildman–Crippen LogP) is 4.95. The maximum absolute atomic E-state index is 11.6. The van der Waals surface area contributed by atoms with Gasteiger partial charge in [0.2, 0.25) is 0 Å². The van der Waals surface area contributed by atoms with Crippen molar-refractivity contribution in [3.63, 3.8) is 0 Å². The second kappa shape index (κ2) is 9.47. The van der Waals surface area contributed by atoms with Crippen LogP contribution in [-0.4, -0.2) is 18.7 Å². The molecule has 124 valence electrons. The van der Waals surface area contributed by atoms with Gasteiger partial charge in [-0.15, -0.1) is 0 Å². The normalized spacial score (nSPS) is 11.1. The second-order valence-corrected chi connectivity index (χ2v) is 6.35. The zero-order valence-corrected chi connectivity index (χ0v) is 15.5. The molecule has 0 radical (unpaired) electrons. The van der Waals surface area contributed by atoms with E-state index in [-0.39, 0.29) is 6.61 Å². The van der Waals surface area contributed by atoms with Crippen LogP contribution in [-0.2, 0) is 4.79 Å². The molecule has 2 rings (SSSR count). The first-order valence-electron chi connectivity index (χ1n) is 6.86. The quantitative estimate of drug-likeness (QED) is 0.523. The average molecular weight is 428 g/mol. The van der Waals surface area contributed by atoms with E-state index in [1.807, 2.05) is 30.3 Å². The summed E-state index contributed by atoms with van der Waals surface area (Å²) in [5, 5.41) is 4.64. The number of ether oxygens (including phenoxy) is 1. The van der Waals surface area contributed by atoms with Gasteiger partial charge in [-0.05, 0) is 42.0 Å². The van der Waals surface area contributed by atoms with Gasteiger partial charge in [0.05, 0.1) is 5.02 Å². The number of benzene rings is 2. The molecule has 0 aliphatic carbocycles. The molecule has 4 nitrogen and oxygen atoms in total. The lowest BCUT2D eigenvalue weighted by atomic mass is 10.2. The van der Waals surface area contributed by atoms with Crippen molar-refractivity contribution in [3.8, 4) is 5.75 Å². The van der Waals surface area contributed by atoms with E-state index < -0.39 is 5.91 Å². The maximum Gasteiger partial charge on any atom is 0.277 e. The van der Waals surface area contributed by atoms with Gasteiger partial charge in [0.1, 0.15) is 5.75 Å². The van der Waals surface area contributed by atoms with E-state index in [0.29, 0.717) is 15.8 Å². The molecule has 1 amide bonds. The molecule has 0 saturated heterocycles. The molecule has 0 heterocycles. The fourth-order valence-corrected chi connectivity index (χ4v) is 2.38. The minimum Gasteiger partial charge on any atom is -0.482 e. The molecule has 2 aromatic rings. The number of carbonyl (C=O) groups is 1. The third-order valence-corrected chi connectivity index (χ3v) is 3.82. The topological polar surface area (TPSA) is 50.7 Å². The van der Waals surface area contributed by atoms with E-state index in [2.05, 4.69) is 26.5 Å². The van der Waals surface area contributed by atoms with Crippen LogP contribution in [0.15, 0.2) is 58.1 Å². The summed E-state index contributed by atoms with van der Waals surface area (Å²) in [7, 11) is 0. The fourth-order valence-electron chi connectivity index (χ4n) is 1.65. The highest BCUT2D eigenvalue weighted by molar-refractivity contribution is 9.10. The first-order valence-corrected chi connectivity index (χ1v) is 8.41. The van der Waals surface area contributed by atoms with Gasteiger partial charge >= 0.3 is 0 Å². The van der Waals surface area contributed by atoms with E-state index in [4.69, 9.17) is 27.9 Å². The SMILES string of the molecule is O=C(COc1ccc(Cl)cc1Cl)N/N=C/C=C/c1ccc(Br)cc1. The van der Waals surface area contributed by atoms with Gasteiger partial charge in [0.25, 0.3) is 5.91 Å². The van der Waals surface area contributed by atoms with Crippen molar-refractivity contribution in [2.45, 2.75) is 0 Å². The molecular formula is C17H13BrCl2N2O2. The van der Waals surface area contributed by atoms with Crippen LogP contribution in [0.25, 0.3) is 6.08 Å². The van der Waals surface area contributed by atoms with Crippen LogP contribution >= 0.6 is 39.1 Å². The van der Waals surface area contributed by atoms with Crippen LogP contribution in [0.2, 0.25) is 10.0 Å². The zero-order valence-electron chi connectivity index (χ0n) is 12.4. The summed E-state index contributed by atoms with van der Waals surface area (Å²) in [5.74, 6) is -0.00959. The van der Waals surface area contributed by atoms with Crippen LogP contribution in [0, 0.1) is 0 Å². The number of halogens is 3. The molecule has 0 fully saturated rings. The van der Waals surface area contributed by atoms with Crippen LogP contribution in [0.1, 0.15) is 5.56 Å². The number of hydrogen-bond acceptors (Lipinski definition) is 3. The van der Waals surface area contributed by atoms with E-state index in [0.717, 1.165) is 10.0 Å². The van der Waals surface area contributed by atoms with Gasteiger partial charge in [-0.3, -0.25) is 4.79 Å². The van der Waals surface area contributed by atoms with Gasteiger partial charge in [-0.25, -0.2) is 5.43 Å². The summed E-state index contributed by atoms with van der Waals surface area (Å²) in [6.45, 7) is -0.199. The van der Waals surface area contributed by atoms with Crippen molar-refractivity contribution >= 4 is 57.3 Å². The molecule has 0 aromatic heterocycles. The minimum atomic E-state index is -0.394. The van der Waals surface area contributed by atoms with Crippen molar-refractivity contribution < 1.29 is 9.53 Å². The lowest BCUT2D eigenvalue weighted by Gasteiger charge is -2.06. The minimum absolute atomic E-state index is 0.199. The first-order chi connectivity index (χ1) is 11.5. The third-order valence-electron chi connectivity index (χ3n) is 2.76. The maximum atomic E-state index is 11.6. The Hall–Kier alpha value is -1.82. The Bertz CT molecular complexity index is 762. The number of carbonyl (C=O) groups excluding carboxylic acids is 1. The molecule has 0 atom stereocenters. The van der Waals surface area contributed by atoms with E-state index in [1.54, 1.807) is 24.3 Å². The van der Waals surface area contributed by atoms with Gasteiger partial charge in [-0.2, -0.15) is 5.10 Å². The standard InChI is InChI=1S/C17H13BrCl2N2O2/c18-13-5-3-12(4-6-13)2-1-9-21-22-17(23)11-24-16-8-7-14(19)10-15(16)20/h1-10H,11H2,(H,22,23)/b2-1+,21-9+. The number of nitrogens with one attached hydrogen (secondary N) is 1. The number of allylic oxidation sites excluding steroid dienone is 1. The zero-order chi connectivity index (χ0) is 17.4. The van der Waals surface area contributed by atoms with Crippen molar-refractivity contribution in [2.75, 3.05) is 6.61 Å². The number of amides is 1. The Labute approximate surface area is 158 Å². The van der Waals surface area contributed by atoms with Crippen LogP contribution in [0.4, 0.5) is 0 Å². The molecule has 0 aliphatic rings. The van der Waals surface area contributed by atoms with Crippen molar-refractivity contribution in [2.24, 2.45) is 5.10 Å². The molecular weight excluding hydrogens is 415 g/mol. The number of hydrazone groups is 1. The van der Waals surface area contributed by atoms with Crippen molar-refractivity contribution in [1.82, 2.24) is 5.43 Å². The second-order valence-electron chi connectivity index (χ2n) is 4.59. The molecule has 0 bridgehead atoms. The number of hydrogen-bond donors (Lipinski definition) is 1. The highest BCUT2D eigenvalue weighted by atomic mass is 79.9. The lowest BCUT2D eigenvalue weighted by molar-refractivity contribution is -0.123. The van der Waals surface area contributed by atoms with Crippen molar-refractivity contribution in [3.05, 3.63) is 68.6 Å². The lowest BCUT2D eigenvalue weighted by Crippen LogP contribution is -2.24. The molecule has 7 heteroatoms. The molecule has 0 spiro atoms. The first kappa shape index (κ1) is 18.5. The van der Waals surface area contributed by atoms with E-state index >= 15 is 0 Å². The Balaban J connectivity index is 1.75. The molecule has 2 aromatic carbocycles. The Morgan fingerprint density at radius 1 is 1.21 bits per heavy atom. The highest BCUT2D eigenvalue weighted by Crippen LogP contribution is 2.27. The summed E-state index contributed by atoms with van der Waals surface area (Å²) in [5.41, 5.74) is 3.38. The summed E-state index contributed by atoms with van der Waals surface area (Å²) in [6.07, 6.45) is 5.07. The van der Waals surface area contributed by atoms with Gasteiger partial charge < -0.3 is 4.74 Å². The van der Waals surface area contributed by atoms with Gasteiger partial charge in [-0.1, -0.05) is 57.3 Å². The summed E-state index contributed by atoms with van der Waals surface area (Å²) in [6, 6.07) is 12.6. The van der Waals surface area contributed by atoms with Gasteiger partial charge in [0, 0.05) is 15.7 Å². The van der Waals surface area contributed by atoms with E-state index in [1.165, 1.54) is 6.21 Å². The van der Waals surface area contributed by atoms with Crippen LogP contribution in [0.3, 0.4) is 0 Å². The predicted molar refractivity (Wildman–Crippen MR) is 102 cm³/mol. The molecule has 24 heavy (non-hydrogen) atoms. The Morgan fingerprint density at radius 2 is 1.96 bits per heavy atom. The van der Waals surface area contributed by atoms with Gasteiger partial charge in [0.15, 0.2) is 6.61 Å².